The van der Waals surface area contributed by atoms with Crippen LogP contribution in [0.25, 0.3) is 0 Å². The Hall–Kier alpha value is -0.740. The zero-order chi connectivity index (χ0) is 19.7. The molecule has 3 aliphatic rings. The molecule has 0 N–H and O–H groups in total. The second kappa shape index (κ2) is 8.32. The number of carbonyl (C=O) groups is 1. The highest BCUT2D eigenvalue weighted by Crippen LogP contribution is 2.46. The average Bonchev–Trinajstić information content (AvgIpc) is 3.04. The van der Waals surface area contributed by atoms with E-state index in [9.17, 15) is 13.2 Å². The summed E-state index contributed by atoms with van der Waals surface area (Å²) in [6.45, 7) is 6.46. The molecule has 2 unspecified atom stereocenters. The maximum atomic E-state index is 12.6. The number of rotatable bonds is 6. The first kappa shape index (κ1) is 21.0. The molecule has 8 nitrogen and oxygen atoms in total. The van der Waals surface area contributed by atoms with Crippen molar-refractivity contribution in [3.63, 3.8) is 0 Å². The highest BCUT2D eigenvalue weighted by Gasteiger charge is 2.55. The minimum Gasteiger partial charge on any atom is -0.466 e. The average molecular weight is 406 g/mol. The van der Waals surface area contributed by atoms with Crippen LogP contribution in [0.2, 0.25) is 0 Å². The van der Waals surface area contributed by atoms with Crippen molar-refractivity contribution in [3.05, 3.63) is 0 Å². The van der Waals surface area contributed by atoms with Crippen LogP contribution in [0.3, 0.4) is 0 Å². The summed E-state index contributed by atoms with van der Waals surface area (Å²) < 4.78 is 46.4. The maximum absolute atomic E-state index is 12.6. The second-order valence-corrected chi connectivity index (χ2v) is 9.30. The van der Waals surface area contributed by atoms with Gasteiger partial charge in [0.05, 0.1) is 38.1 Å². The summed E-state index contributed by atoms with van der Waals surface area (Å²) in [5.41, 5.74) is 0. The Bertz CT molecular complexity index is 632. The third-order valence-electron chi connectivity index (χ3n) is 5.78. The summed E-state index contributed by atoms with van der Waals surface area (Å²) in [6, 6.07) is 0.140. The summed E-state index contributed by atoms with van der Waals surface area (Å²) in [5.74, 6) is -1.92. The van der Waals surface area contributed by atoms with E-state index in [1.807, 2.05) is 0 Å². The van der Waals surface area contributed by atoms with E-state index in [-0.39, 0.29) is 18.6 Å². The van der Waals surface area contributed by atoms with Crippen LogP contribution in [-0.4, -0.2) is 76.4 Å². The van der Waals surface area contributed by atoms with Gasteiger partial charge in [-0.1, -0.05) is 6.92 Å². The smallest absolute Gasteiger partial charge is 0.312 e. The molecule has 2 saturated heterocycles. The van der Waals surface area contributed by atoms with Gasteiger partial charge in [-0.05, 0) is 26.3 Å². The van der Waals surface area contributed by atoms with Crippen molar-refractivity contribution in [1.29, 1.82) is 0 Å². The van der Waals surface area contributed by atoms with Gasteiger partial charge in [0.15, 0.2) is 5.79 Å². The van der Waals surface area contributed by atoms with E-state index in [0.29, 0.717) is 26.2 Å². The van der Waals surface area contributed by atoms with Crippen LogP contribution in [0.5, 0.6) is 0 Å². The molecular formula is C18H31NO7S. The first-order valence-corrected chi connectivity index (χ1v) is 11.7. The molecule has 0 radical (unpaired) electrons. The molecule has 9 heteroatoms. The highest BCUT2D eigenvalue weighted by atomic mass is 32.2. The van der Waals surface area contributed by atoms with E-state index in [1.54, 1.807) is 6.92 Å². The predicted octanol–water partition coefficient (Wildman–Crippen LogP) is 1.15. The number of piperidine rings is 1. The number of hydrogen-bond acceptors (Lipinski definition) is 8. The van der Waals surface area contributed by atoms with Gasteiger partial charge in [0.25, 0.3) is 10.1 Å². The molecule has 3 rings (SSSR count). The standard InChI is InChI=1S/C18H31NO7S/c1-4-8-19-12-14(17(20)23-5-2)16(26-27(3,21)22)13-11-18(7-6-15(13)19)24-9-10-25-18/h13-16H,4-12H2,1-3H3/t13?,14-,15?,16-/m0/s1. The quantitative estimate of drug-likeness (QED) is 0.480. The number of esters is 1. The number of likely N-dealkylation sites (tertiary alicyclic amines) is 1. The maximum Gasteiger partial charge on any atom is 0.312 e. The molecule has 1 aliphatic carbocycles. The lowest BCUT2D eigenvalue weighted by Crippen LogP contribution is -2.62. The molecular weight excluding hydrogens is 374 g/mol. The number of carbonyl (C=O) groups excluding carboxylic acids is 1. The largest absolute Gasteiger partial charge is 0.466 e. The monoisotopic (exact) mass is 405 g/mol. The van der Waals surface area contributed by atoms with Crippen LogP contribution in [0, 0.1) is 11.8 Å². The molecule has 156 valence electrons. The molecule has 2 aliphatic heterocycles. The van der Waals surface area contributed by atoms with Crippen LogP contribution in [0.1, 0.15) is 39.5 Å². The summed E-state index contributed by atoms with van der Waals surface area (Å²) in [6.07, 6.45) is 3.34. The third kappa shape index (κ3) is 4.64. The van der Waals surface area contributed by atoms with E-state index >= 15 is 0 Å². The topological polar surface area (TPSA) is 91.4 Å². The minimum atomic E-state index is -3.73. The van der Waals surface area contributed by atoms with Gasteiger partial charge >= 0.3 is 5.97 Å². The molecule has 3 fully saturated rings. The molecule has 1 saturated carbocycles. The highest BCUT2D eigenvalue weighted by molar-refractivity contribution is 7.86. The molecule has 0 amide bonds. The molecule has 27 heavy (non-hydrogen) atoms. The lowest BCUT2D eigenvalue weighted by Gasteiger charge is -2.53. The first-order chi connectivity index (χ1) is 12.8. The number of hydrogen-bond donors (Lipinski definition) is 0. The Morgan fingerprint density at radius 1 is 1.26 bits per heavy atom. The zero-order valence-corrected chi connectivity index (χ0v) is 17.2. The van der Waals surface area contributed by atoms with Crippen LogP contribution in [-0.2, 0) is 33.3 Å². The van der Waals surface area contributed by atoms with Crippen LogP contribution >= 0.6 is 0 Å². The van der Waals surface area contributed by atoms with Gasteiger partial charge < -0.3 is 14.2 Å². The molecule has 0 aromatic heterocycles. The van der Waals surface area contributed by atoms with Crippen LogP contribution in [0.15, 0.2) is 0 Å². The van der Waals surface area contributed by atoms with E-state index in [1.165, 1.54) is 0 Å². The molecule has 0 bridgehead atoms. The van der Waals surface area contributed by atoms with Crippen molar-refractivity contribution >= 4 is 16.1 Å². The fourth-order valence-corrected chi connectivity index (χ4v) is 5.54. The Labute approximate surface area is 161 Å². The molecule has 0 aromatic rings. The second-order valence-electron chi connectivity index (χ2n) is 7.70. The van der Waals surface area contributed by atoms with Gasteiger partial charge in [0.1, 0.15) is 0 Å². The summed E-state index contributed by atoms with van der Waals surface area (Å²) in [4.78, 5) is 14.9. The van der Waals surface area contributed by atoms with Gasteiger partial charge in [-0.25, -0.2) is 0 Å². The van der Waals surface area contributed by atoms with Gasteiger partial charge in [0.2, 0.25) is 0 Å². The SMILES string of the molecule is CCCN1C[C@H](C(=O)OCC)[C@@H](OS(C)(=O)=O)C2CC3(CCC21)OCCO3. The van der Waals surface area contributed by atoms with Gasteiger partial charge in [-0.15, -0.1) is 0 Å². The molecule has 1 spiro atoms. The van der Waals surface area contributed by atoms with E-state index < -0.39 is 33.9 Å². The van der Waals surface area contributed by atoms with Crippen molar-refractivity contribution in [2.24, 2.45) is 11.8 Å². The Morgan fingerprint density at radius 3 is 2.56 bits per heavy atom. The molecule has 0 aromatic carbocycles. The lowest BCUT2D eigenvalue weighted by molar-refractivity contribution is -0.217. The van der Waals surface area contributed by atoms with E-state index in [0.717, 1.165) is 32.1 Å². The summed E-state index contributed by atoms with van der Waals surface area (Å²) in [5, 5.41) is 0. The Kier molecular flexibility index (Phi) is 6.47. The molecule has 4 atom stereocenters. The van der Waals surface area contributed by atoms with E-state index in [4.69, 9.17) is 18.4 Å². The minimum absolute atomic E-state index is 0.140. The predicted molar refractivity (Wildman–Crippen MR) is 97.5 cm³/mol. The lowest BCUT2D eigenvalue weighted by atomic mass is 9.70. The number of fused-ring (bicyclic) bond motifs is 1. The van der Waals surface area contributed by atoms with Crippen LogP contribution in [0.4, 0.5) is 0 Å². The summed E-state index contributed by atoms with van der Waals surface area (Å²) in [7, 11) is -3.73. The van der Waals surface area contributed by atoms with Crippen molar-refractivity contribution < 1.29 is 31.6 Å². The van der Waals surface area contributed by atoms with Gasteiger partial charge in [0, 0.05) is 31.3 Å². The summed E-state index contributed by atoms with van der Waals surface area (Å²) >= 11 is 0. The van der Waals surface area contributed by atoms with Gasteiger partial charge in [-0.3, -0.25) is 13.9 Å². The normalized spacial score (nSPS) is 33.7. The Morgan fingerprint density at radius 2 is 1.96 bits per heavy atom. The Balaban J connectivity index is 1.93. The van der Waals surface area contributed by atoms with E-state index in [2.05, 4.69) is 11.8 Å². The first-order valence-electron chi connectivity index (χ1n) is 9.85. The third-order valence-corrected chi connectivity index (χ3v) is 6.35. The van der Waals surface area contributed by atoms with Crippen molar-refractivity contribution in [2.75, 3.05) is 39.2 Å². The fourth-order valence-electron chi connectivity index (χ4n) is 4.86. The number of ether oxygens (including phenoxy) is 3. The fraction of sp³-hybridized carbons (Fsp3) is 0.944. The van der Waals surface area contributed by atoms with Crippen molar-refractivity contribution in [1.82, 2.24) is 4.90 Å². The number of nitrogens with zero attached hydrogens (tertiary/aromatic N) is 1. The van der Waals surface area contributed by atoms with Crippen LogP contribution < -0.4 is 0 Å². The molecule has 2 heterocycles. The zero-order valence-electron chi connectivity index (χ0n) is 16.4. The van der Waals surface area contributed by atoms with Crippen molar-refractivity contribution in [3.8, 4) is 0 Å². The van der Waals surface area contributed by atoms with Gasteiger partial charge in [-0.2, -0.15) is 8.42 Å². The van der Waals surface area contributed by atoms with Crippen molar-refractivity contribution in [2.45, 2.75) is 57.5 Å².